The van der Waals surface area contributed by atoms with Gasteiger partial charge in [-0.2, -0.15) is 0 Å². The van der Waals surface area contributed by atoms with E-state index in [-0.39, 0.29) is 11.6 Å². The summed E-state index contributed by atoms with van der Waals surface area (Å²) in [4.78, 5) is 22.5. The fraction of sp³-hybridized carbons (Fsp3) is 0.294. The van der Waals surface area contributed by atoms with Gasteiger partial charge in [0.1, 0.15) is 5.75 Å². The summed E-state index contributed by atoms with van der Waals surface area (Å²) in [5.41, 5.74) is 9.41. The van der Waals surface area contributed by atoms with Crippen LogP contribution in [0.3, 0.4) is 0 Å². The molecule has 1 aliphatic carbocycles. The minimum absolute atomic E-state index is 0.0241. The zero-order chi connectivity index (χ0) is 27.2. The molecule has 0 spiro atoms. The fourth-order valence-corrected chi connectivity index (χ4v) is 7.36. The van der Waals surface area contributed by atoms with Gasteiger partial charge in [-0.15, -0.1) is 0 Å². The summed E-state index contributed by atoms with van der Waals surface area (Å²) in [5, 5.41) is 0. The number of thiazole rings is 1. The molecule has 3 aromatic carbocycles. The van der Waals surface area contributed by atoms with Crippen LogP contribution in [-0.2, 0) is 6.42 Å². The topological polar surface area (TPSA) is 46.8 Å². The van der Waals surface area contributed by atoms with Crippen LogP contribution in [0.4, 0.5) is 5.69 Å². The van der Waals surface area contributed by atoms with Crippen molar-refractivity contribution in [2.75, 3.05) is 24.6 Å². The maximum atomic E-state index is 14.1. The maximum Gasteiger partial charge on any atom is 0.271 e. The summed E-state index contributed by atoms with van der Waals surface area (Å²) in [6.45, 7) is 7.00. The Balaban J connectivity index is 1.38. The SMILES string of the molecule is CCOc1ccc([C@@H]2C3=C(N=c4s/c(=C\c5ccc(N6CCCC6)cc5C)c(=O)n42)c2ccccc2CC3)cc1. The average molecular weight is 548 g/mol. The van der Waals surface area contributed by atoms with Gasteiger partial charge in [-0.05, 0) is 97.7 Å². The highest BCUT2D eigenvalue weighted by molar-refractivity contribution is 7.07. The van der Waals surface area contributed by atoms with Crippen LogP contribution in [-0.4, -0.2) is 24.3 Å². The standard InChI is InChI=1S/C34H33N3O2S/c1-3-39-27-15-11-24(12-16-27)32-29-17-13-23-8-4-5-9-28(23)31(29)35-34-37(32)33(38)30(40-34)21-25-10-14-26(20-22(25)2)36-18-6-7-19-36/h4-5,8-12,14-16,20-21,32H,3,6-7,13,17-19H2,1-2H3/b30-21-/t32-/m1/s1. The predicted octanol–water partition coefficient (Wildman–Crippen LogP) is 5.63. The molecule has 1 aromatic heterocycles. The normalized spacial score (nSPS) is 18.3. The first-order valence-corrected chi connectivity index (χ1v) is 15.1. The molecule has 3 aliphatic rings. The third kappa shape index (κ3) is 4.31. The fourth-order valence-electron chi connectivity index (χ4n) is 6.37. The van der Waals surface area contributed by atoms with Crippen molar-refractivity contribution in [2.45, 2.75) is 45.6 Å². The first kappa shape index (κ1) is 25.1. The summed E-state index contributed by atoms with van der Waals surface area (Å²) in [6, 6.07) is 23.2. The largest absolute Gasteiger partial charge is 0.494 e. The molecule has 3 heterocycles. The zero-order valence-corrected chi connectivity index (χ0v) is 23.8. The molecule has 0 amide bonds. The van der Waals surface area contributed by atoms with Gasteiger partial charge in [0.15, 0.2) is 4.80 Å². The van der Waals surface area contributed by atoms with E-state index in [4.69, 9.17) is 9.73 Å². The summed E-state index contributed by atoms with van der Waals surface area (Å²) in [7, 11) is 0. The number of hydrogen-bond donors (Lipinski definition) is 0. The number of benzene rings is 3. The molecule has 0 radical (unpaired) electrons. The van der Waals surface area contributed by atoms with Gasteiger partial charge in [-0.1, -0.05) is 53.8 Å². The molecule has 40 heavy (non-hydrogen) atoms. The summed E-state index contributed by atoms with van der Waals surface area (Å²) >= 11 is 1.49. The Labute approximate surface area is 238 Å². The van der Waals surface area contributed by atoms with Crippen molar-refractivity contribution in [3.05, 3.63) is 120 Å². The third-order valence-corrected chi connectivity index (χ3v) is 9.37. The number of ether oxygens (including phenoxy) is 1. The Hall–Kier alpha value is -3.90. The van der Waals surface area contributed by atoms with E-state index in [0.717, 1.165) is 57.8 Å². The first-order valence-electron chi connectivity index (χ1n) is 14.3. The van der Waals surface area contributed by atoms with Crippen molar-refractivity contribution in [3.8, 4) is 5.75 Å². The second-order valence-corrected chi connectivity index (χ2v) is 11.9. The van der Waals surface area contributed by atoms with E-state index in [9.17, 15) is 4.79 Å². The minimum Gasteiger partial charge on any atom is -0.494 e. The van der Waals surface area contributed by atoms with Crippen molar-refractivity contribution in [2.24, 2.45) is 4.99 Å². The minimum atomic E-state index is -0.184. The van der Waals surface area contributed by atoms with E-state index >= 15 is 0 Å². The number of aryl methyl sites for hydroxylation is 2. The maximum absolute atomic E-state index is 14.1. The lowest BCUT2D eigenvalue weighted by molar-refractivity contribution is 0.340. The molecule has 5 nitrogen and oxygen atoms in total. The lowest BCUT2D eigenvalue weighted by Crippen LogP contribution is -2.38. The van der Waals surface area contributed by atoms with Crippen molar-refractivity contribution in [3.63, 3.8) is 0 Å². The van der Waals surface area contributed by atoms with Gasteiger partial charge < -0.3 is 9.64 Å². The Kier molecular flexibility index (Phi) is 6.43. The molecule has 0 bridgehead atoms. The molecule has 202 valence electrons. The van der Waals surface area contributed by atoms with Crippen molar-refractivity contribution in [1.29, 1.82) is 0 Å². The Morgan fingerprint density at radius 3 is 2.60 bits per heavy atom. The number of fused-ring (bicyclic) bond motifs is 3. The smallest absolute Gasteiger partial charge is 0.271 e. The molecule has 2 aliphatic heterocycles. The Bertz CT molecular complexity index is 1810. The van der Waals surface area contributed by atoms with Crippen LogP contribution in [0.15, 0.2) is 82.1 Å². The summed E-state index contributed by atoms with van der Waals surface area (Å²) < 4.78 is 8.36. The number of aromatic nitrogens is 1. The molecular weight excluding hydrogens is 514 g/mol. The lowest BCUT2D eigenvalue weighted by Gasteiger charge is -2.30. The van der Waals surface area contributed by atoms with E-state index in [2.05, 4.69) is 72.5 Å². The highest BCUT2D eigenvalue weighted by Crippen LogP contribution is 2.41. The number of nitrogens with zero attached hydrogens (tertiary/aromatic N) is 3. The van der Waals surface area contributed by atoms with Crippen molar-refractivity contribution < 1.29 is 4.74 Å². The Morgan fingerprint density at radius 1 is 1.02 bits per heavy atom. The van der Waals surface area contributed by atoms with E-state index in [1.807, 2.05) is 23.6 Å². The predicted molar refractivity (Wildman–Crippen MR) is 163 cm³/mol. The van der Waals surface area contributed by atoms with Gasteiger partial charge in [-0.25, -0.2) is 4.99 Å². The van der Waals surface area contributed by atoms with Gasteiger partial charge in [-0.3, -0.25) is 9.36 Å². The molecule has 0 N–H and O–H groups in total. The number of rotatable bonds is 5. The van der Waals surface area contributed by atoms with Crippen LogP contribution in [0.1, 0.15) is 60.0 Å². The van der Waals surface area contributed by atoms with Crippen LogP contribution < -0.4 is 24.5 Å². The molecule has 1 saturated heterocycles. The van der Waals surface area contributed by atoms with Crippen LogP contribution in [0, 0.1) is 6.92 Å². The third-order valence-electron chi connectivity index (χ3n) is 8.39. The molecule has 1 fully saturated rings. The summed E-state index contributed by atoms with van der Waals surface area (Å²) in [5.74, 6) is 0.842. The van der Waals surface area contributed by atoms with Gasteiger partial charge in [0.05, 0.1) is 22.9 Å². The lowest BCUT2D eigenvalue weighted by atomic mass is 9.83. The number of anilines is 1. The quantitative estimate of drug-likeness (QED) is 0.326. The van der Waals surface area contributed by atoms with Gasteiger partial charge in [0.2, 0.25) is 0 Å². The molecule has 0 saturated carbocycles. The number of hydrogen-bond acceptors (Lipinski definition) is 5. The second kappa shape index (κ2) is 10.3. The van der Waals surface area contributed by atoms with E-state index in [1.165, 1.54) is 52.1 Å². The van der Waals surface area contributed by atoms with Crippen LogP contribution in [0.2, 0.25) is 0 Å². The highest BCUT2D eigenvalue weighted by Gasteiger charge is 2.32. The summed E-state index contributed by atoms with van der Waals surface area (Å²) in [6.07, 6.45) is 6.40. The molecule has 1 atom stereocenters. The highest BCUT2D eigenvalue weighted by atomic mass is 32.1. The molecule has 0 unspecified atom stereocenters. The molecule has 7 rings (SSSR count). The van der Waals surface area contributed by atoms with E-state index in [1.54, 1.807) is 0 Å². The zero-order valence-electron chi connectivity index (χ0n) is 23.0. The monoisotopic (exact) mass is 547 g/mol. The molecule has 6 heteroatoms. The molecule has 4 aromatic rings. The average Bonchev–Trinajstić information content (AvgIpc) is 3.62. The number of allylic oxidation sites excluding steroid dienone is 1. The Morgan fingerprint density at radius 2 is 1.82 bits per heavy atom. The van der Waals surface area contributed by atoms with Gasteiger partial charge >= 0.3 is 0 Å². The molecular formula is C34H33N3O2S. The van der Waals surface area contributed by atoms with Crippen LogP contribution >= 0.6 is 11.3 Å². The van der Waals surface area contributed by atoms with Crippen LogP contribution in [0.25, 0.3) is 11.8 Å². The van der Waals surface area contributed by atoms with Crippen LogP contribution in [0.5, 0.6) is 5.75 Å². The van der Waals surface area contributed by atoms with Crippen molar-refractivity contribution >= 4 is 28.8 Å². The second-order valence-electron chi connectivity index (χ2n) is 10.9. The first-order chi connectivity index (χ1) is 19.6. The van der Waals surface area contributed by atoms with E-state index < -0.39 is 0 Å². The van der Waals surface area contributed by atoms with Gasteiger partial charge in [0, 0.05) is 24.3 Å². The van der Waals surface area contributed by atoms with Crippen molar-refractivity contribution in [1.82, 2.24) is 4.57 Å². The van der Waals surface area contributed by atoms with E-state index in [0.29, 0.717) is 6.61 Å². The van der Waals surface area contributed by atoms with Gasteiger partial charge in [0.25, 0.3) is 5.56 Å².